The van der Waals surface area contributed by atoms with Gasteiger partial charge in [0.15, 0.2) is 5.78 Å². The predicted molar refractivity (Wildman–Crippen MR) is 49.5 cm³/mol. The minimum absolute atomic E-state index is 0.0158. The number of Topliss-reactive ketones (excluding diaryl/α,β-unsaturated/α-hetero) is 1. The zero-order valence-corrected chi connectivity index (χ0v) is 8.80. The topological polar surface area (TPSA) is 55.4 Å². The van der Waals surface area contributed by atoms with Gasteiger partial charge < -0.3 is 10.1 Å². The molecule has 0 aromatic carbocycles. The lowest BCUT2D eigenvalue weighted by atomic mass is 9.87. The molecule has 0 saturated heterocycles. The molecule has 0 aliphatic heterocycles. The van der Waals surface area contributed by atoms with Crippen LogP contribution in [-0.4, -0.2) is 25.0 Å². The fourth-order valence-corrected chi connectivity index (χ4v) is 0.951. The van der Waals surface area contributed by atoms with Crippen LogP contribution in [0.2, 0.25) is 0 Å². The Morgan fingerprint density at radius 3 is 2.08 bits per heavy atom. The van der Waals surface area contributed by atoms with Crippen molar-refractivity contribution in [1.82, 2.24) is 5.32 Å². The summed E-state index contributed by atoms with van der Waals surface area (Å²) in [6.07, 6.45) is -0.579. The van der Waals surface area contributed by atoms with Crippen molar-refractivity contribution in [2.24, 2.45) is 5.41 Å². The van der Waals surface area contributed by atoms with Gasteiger partial charge in [-0.25, -0.2) is 4.79 Å². The summed E-state index contributed by atoms with van der Waals surface area (Å²) in [5.41, 5.74) is -0.444. The molecule has 0 radical (unpaired) electrons. The molecule has 0 saturated carbocycles. The average molecular weight is 187 g/mol. The van der Waals surface area contributed by atoms with Gasteiger partial charge in [0, 0.05) is 5.41 Å². The summed E-state index contributed by atoms with van der Waals surface area (Å²) in [7, 11) is 1.27. The lowest BCUT2D eigenvalue weighted by Crippen LogP contribution is -2.43. The van der Waals surface area contributed by atoms with Crippen molar-refractivity contribution < 1.29 is 14.3 Å². The van der Waals surface area contributed by atoms with Gasteiger partial charge in [0.1, 0.15) is 0 Å². The molecule has 76 valence electrons. The van der Waals surface area contributed by atoms with Gasteiger partial charge in [-0.1, -0.05) is 20.8 Å². The number of carbonyl (C=O) groups is 2. The lowest BCUT2D eigenvalue weighted by Gasteiger charge is -2.21. The first-order chi connectivity index (χ1) is 5.79. The van der Waals surface area contributed by atoms with Crippen molar-refractivity contribution in [1.29, 1.82) is 0 Å². The SMILES string of the molecule is COC(=O)NC(C)C(=O)C(C)(C)C. The Morgan fingerprint density at radius 1 is 1.31 bits per heavy atom. The molecule has 0 aliphatic carbocycles. The second kappa shape index (κ2) is 4.25. The molecule has 1 atom stereocenters. The summed E-state index contributed by atoms with van der Waals surface area (Å²) in [6, 6.07) is -0.507. The molecule has 0 heterocycles. The number of nitrogens with one attached hydrogen (secondary N) is 1. The van der Waals surface area contributed by atoms with Gasteiger partial charge in [-0.3, -0.25) is 4.79 Å². The Bertz CT molecular complexity index is 205. The van der Waals surface area contributed by atoms with Crippen LogP contribution in [0.5, 0.6) is 0 Å². The quantitative estimate of drug-likeness (QED) is 0.709. The number of ketones is 1. The number of amides is 1. The molecule has 0 bridgehead atoms. The van der Waals surface area contributed by atoms with Crippen LogP contribution in [0.4, 0.5) is 4.79 Å². The molecule has 1 unspecified atom stereocenters. The Hall–Kier alpha value is -1.06. The monoisotopic (exact) mass is 187 g/mol. The molecule has 0 rings (SSSR count). The third kappa shape index (κ3) is 3.92. The standard InChI is InChI=1S/C9H17NO3/c1-6(10-8(12)13-5)7(11)9(2,3)4/h6H,1-5H3,(H,10,12). The maximum absolute atomic E-state index is 11.5. The van der Waals surface area contributed by atoms with Crippen LogP contribution in [0.15, 0.2) is 0 Å². The molecule has 0 aromatic rings. The highest BCUT2D eigenvalue weighted by molar-refractivity contribution is 5.90. The number of hydrogen-bond donors (Lipinski definition) is 1. The normalized spacial score (nSPS) is 13.3. The molecule has 0 aromatic heterocycles. The number of rotatable bonds is 2. The second-order valence-corrected chi connectivity index (χ2v) is 3.97. The molecular formula is C9H17NO3. The van der Waals surface area contributed by atoms with Gasteiger partial charge in [-0.15, -0.1) is 0 Å². The largest absolute Gasteiger partial charge is 0.453 e. The van der Waals surface area contributed by atoms with E-state index in [1.54, 1.807) is 6.92 Å². The minimum atomic E-state index is -0.579. The van der Waals surface area contributed by atoms with Crippen LogP contribution >= 0.6 is 0 Å². The fraction of sp³-hybridized carbons (Fsp3) is 0.778. The van der Waals surface area contributed by atoms with Crippen molar-refractivity contribution in [2.75, 3.05) is 7.11 Å². The van der Waals surface area contributed by atoms with E-state index in [1.807, 2.05) is 20.8 Å². The summed E-state index contributed by atoms with van der Waals surface area (Å²) in [6.45, 7) is 7.07. The van der Waals surface area contributed by atoms with E-state index in [1.165, 1.54) is 7.11 Å². The smallest absolute Gasteiger partial charge is 0.407 e. The Kier molecular flexibility index (Phi) is 3.91. The molecule has 0 spiro atoms. The van der Waals surface area contributed by atoms with Gasteiger partial charge in [0.05, 0.1) is 13.2 Å². The first-order valence-corrected chi connectivity index (χ1v) is 4.18. The fourth-order valence-electron chi connectivity index (χ4n) is 0.951. The maximum Gasteiger partial charge on any atom is 0.407 e. The van der Waals surface area contributed by atoms with Crippen molar-refractivity contribution in [3.05, 3.63) is 0 Å². The first kappa shape index (κ1) is 11.9. The summed E-state index contributed by atoms with van der Waals surface area (Å²) in [4.78, 5) is 22.3. The predicted octanol–water partition coefficient (Wildman–Crippen LogP) is 1.35. The van der Waals surface area contributed by atoms with E-state index in [9.17, 15) is 9.59 Å². The highest BCUT2D eigenvalue weighted by Crippen LogP contribution is 2.16. The van der Waals surface area contributed by atoms with Crippen LogP contribution in [0.1, 0.15) is 27.7 Å². The molecule has 0 fully saturated rings. The molecule has 4 heteroatoms. The van der Waals surface area contributed by atoms with Gasteiger partial charge in [0.2, 0.25) is 0 Å². The van der Waals surface area contributed by atoms with Crippen LogP contribution < -0.4 is 5.32 Å². The number of carbonyl (C=O) groups excluding carboxylic acids is 2. The van der Waals surface area contributed by atoms with Gasteiger partial charge in [-0.05, 0) is 6.92 Å². The number of hydrogen-bond acceptors (Lipinski definition) is 3. The van der Waals surface area contributed by atoms with E-state index in [4.69, 9.17) is 0 Å². The summed E-state index contributed by atoms with van der Waals surface area (Å²) in [5.74, 6) is -0.0158. The van der Waals surface area contributed by atoms with Crippen molar-refractivity contribution in [3.8, 4) is 0 Å². The Labute approximate surface area is 78.6 Å². The summed E-state index contributed by atoms with van der Waals surface area (Å²) >= 11 is 0. The number of methoxy groups -OCH3 is 1. The van der Waals surface area contributed by atoms with E-state index in [-0.39, 0.29) is 5.78 Å². The van der Waals surface area contributed by atoms with Crippen molar-refractivity contribution in [2.45, 2.75) is 33.7 Å². The molecule has 1 N–H and O–H groups in total. The minimum Gasteiger partial charge on any atom is -0.453 e. The van der Waals surface area contributed by atoms with Gasteiger partial charge >= 0.3 is 6.09 Å². The van der Waals surface area contributed by atoms with E-state index in [2.05, 4.69) is 10.1 Å². The van der Waals surface area contributed by atoms with Gasteiger partial charge in [-0.2, -0.15) is 0 Å². The second-order valence-electron chi connectivity index (χ2n) is 3.97. The van der Waals surface area contributed by atoms with Gasteiger partial charge in [0.25, 0.3) is 0 Å². The number of ether oxygens (including phenoxy) is 1. The third-order valence-electron chi connectivity index (χ3n) is 1.65. The maximum atomic E-state index is 11.5. The highest BCUT2D eigenvalue weighted by Gasteiger charge is 2.27. The molecule has 0 aliphatic rings. The van der Waals surface area contributed by atoms with Crippen LogP contribution in [0, 0.1) is 5.41 Å². The van der Waals surface area contributed by atoms with E-state index >= 15 is 0 Å². The van der Waals surface area contributed by atoms with Crippen LogP contribution in [0.3, 0.4) is 0 Å². The van der Waals surface area contributed by atoms with E-state index in [0.717, 1.165) is 0 Å². The van der Waals surface area contributed by atoms with Crippen molar-refractivity contribution in [3.63, 3.8) is 0 Å². The summed E-state index contributed by atoms with van der Waals surface area (Å²) < 4.78 is 4.38. The van der Waals surface area contributed by atoms with Crippen molar-refractivity contribution >= 4 is 11.9 Å². The molecule has 4 nitrogen and oxygen atoms in total. The zero-order chi connectivity index (χ0) is 10.6. The lowest BCUT2D eigenvalue weighted by molar-refractivity contribution is -0.127. The van der Waals surface area contributed by atoms with Crippen LogP contribution in [-0.2, 0) is 9.53 Å². The van der Waals surface area contributed by atoms with E-state index in [0.29, 0.717) is 0 Å². The summed E-state index contributed by atoms with van der Waals surface area (Å²) in [5, 5.41) is 2.43. The zero-order valence-electron chi connectivity index (χ0n) is 8.80. The van der Waals surface area contributed by atoms with E-state index < -0.39 is 17.6 Å². The Morgan fingerprint density at radius 2 is 1.77 bits per heavy atom. The highest BCUT2D eigenvalue weighted by atomic mass is 16.5. The molecular weight excluding hydrogens is 170 g/mol. The molecule has 1 amide bonds. The Balaban J connectivity index is 4.20. The number of alkyl carbamates (subject to hydrolysis) is 1. The van der Waals surface area contributed by atoms with Crippen LogP contribution in [0.25, 0.3) is 0 Å². The first-order valence-electron chi connectivity index (χ1n) is 4.18. The third-order valence-corrected chi connectivity index (χ3v) is 1.65. The average Bonchev–Trinajstić information content (AvgIpc) is 2.01. The molecule has 13 heavy (non-hydrogen) atoms.